The third-order valence-electron chi connectivity index (χ3n) is 3.65. The van der Waals surface area contributed by atoms with Crippen LogP contribution in [0.2, 0.25) is 0 Å². The zero-order chi connectivity index (χ0) is 16.8. The highest BCUT2D eigenvalue weighted by atomic mass is 16.1. The van der Waals surface area contributed by atoms with Crippen LogP contribution >= 0.6 is 0 Å². The van der Waals surface area contributed by atoms with E-state index in [0.717, 1.165) is 11.1 Å². The van der Waals surface area contributed by atoms with Crippen molar-refractivity contribution in [3.8, 4) is 0 Å². The Labute approximate surface area is 141 Å². The second-order valence-electron chi connectivity index (χ2n) is 5.42. The lowest BCUT2D eigenvalue weighted by molar-refractivity contribution is -0.114. The number of benzene rings is 2. The molecule has 0 heterocycles. The van der Waals surface area contributed by atoms with E-state index in [4.69, 9.17) is 0 Å². The van der Waals surface area contributed by atoms with Gasteiger partial charge in [-0.15, -0.1) is 0 Å². The second-order valence-corrected chi connectivity index (χ2v) is 5.42. The van der Waals surface area contributed by atoms with E-state index in [2.05, 4.69) is 0 Å². The number of hydrogen-bond donors (Lipinski definition) is 0. The minimum Gasteiger partial charge on any atom is -0.289 e. The normalized spacial score (nSPS) is 15.0. The van der Waals surface area contributed by atoms with Crippen LogP contribution in [0.3, 0.4) is 0 Å². The quantitative estimate of drug-likeness (QED) is 0.783. The van der Waals surface area contributed by atoms with Gasteiger partial charge in [-0.1, -0.05) is 85.0 Å². The molecule has 2 heteroatoms. The van der Waals surface area contributed by atoms with Gasteiger partial charge >= 0.3 is 0 Å². The SMILES string of the molecule is O=C1C=C(C=Cc2ccccc2)C(=O)C=C1C=Cc1ccccc1. The van der Waals surface area contributed by atoms with Gasteiger partial charge in [-0.05, 0) is 23.3 Å². The third-order valence-corrected chi connectivity index (χ3v) is 3.65. The van der Waals surface area contributed by atoms with Crippen molar-refractivity contribution in [3.05, 3.63) is 107 Å². The fourth-order valence-corrected chi connectivity index (χ4v) is 2.35. The Morgan fingerprint density at radius 1 is 0.500 bits per heavy atom. The Kier molecular flexibility index (Phi) is 4.78. The van der Waals surface area contributed by atoms with Gasteiger partial charge in [-0.2, -0.15) is 0 Å². The van der Waals surface area contributed by atoms with Crippen LogP contribution in [0.25, 0.3) is 12.2 Å². The summed E-state index contributed by atoms with van der Waals surface area (Å²) in [5.41, 5.74) is 2.77. The van der Waals surface area contributed by atoms with Gasteiger partial charge in [-0.25, -0.2) is 0 Å². The van der Waals surface area contributed by atoms with E-state index in [-0.39, 0.29) is 11.6 Å². The summed E-state index contributed by atoms with van der Waals surface area (Å²) in [7, 11) is 0. The fourth-order valence-electron chi connectivity index (χ4n) is 2.35. The minimum absolute atomic E-state index is 0.158. The number of carbonyl (C=O) groups excluding carboxylic acids is 2. The number of allylic oxidation sites excluding steroid dienone is 6. The van der Waals surface area contributed by atoms with Gasteiger partial charge in [0.25, 0.3) is 0 Å². The summed E-state index contributed by atoms with van der Waals surface area (Å²) in [4.78, 5) is 24.4. The molecule has 0 atom stereocenters. The lowest BCUT2D eigenvalue weighted by atomic mass is 9.95. The van der Waals surface area contributed by atoms with Crippen LogP contribution < -0.4 is 0 Å². The summed E-state index contributed by atoms with van der Waals surface area (Å²) < 4.78 is 0. The van der Waals surface area contributed by atoms with E-state index < -0.39 is 0 Å². The minimum atomic E-state index is -0.158. The summed E-state index contributed by atoms with van der Waals surface area (Å²) in [6.07, 6.45) is 9.82. The van der Waals surface area contributed by atoms with Crippen molar-refractivity contribution in [1.29, 1.82) is 0 Å². The molecule has 0 spiro atoms. The lowest BCUT2D eigenvalue weighted by Gasteiger charge is -2.06. The maximum absolute atomic E-state index is 12.2. The van der Waals surface area contributed by atoms with Crippen LogP contribution in [0.1, 0.15) is 11.1 Å². The first kappa shape index (κ1) is 15.6. The van der Waals surface area contributed by atoms with Crippen LogP contribution in [0.5, 0.6) is 0 Å². The van der Waals surface area contributed by atoms with Crippen molar-refractivity contribution in [2.24, 2.45) is 0 Å². The van der Waals surface area contributed by atoms with Crippen molar-refractivity contribution in [1.82, 2.24) is 0 Å². The molecule has 0 saturated heterocycles. The van der Waals surface area contributed by atoms with Gasteiger partial charge in [0.2, 0.25) is 0 Å². The molecule has 2 nitrogen and oxygen atoms in total. The van der Waals surface area contributed by atoms with Crippen LogP contribution in [0.15, 0.2) is 96.1 Å². The Hall–Kier alpha value is -3.26. The molecule has 0 N–H and O–H groups in total. The predicted octanol–water partition coefficient (Wildman–Crippen LogP) is 4.42. The van der Waals surface area contributed by atoms with E-state index in [9.17, 15) is 9.59 Å². The van der Waals surface area contributed by atoms with Crippen molar-refractivity contribution >= 4 is 23.7 Å². The van der Waals surface area contributed by atoms with Crippen LogP contribution in [0, 0.1) is 0 Å². The van der Waals surface area contributed by atoms with Gasteiger partial charge in [0.05, 0.1) is 0 Å². The number of carbonyl (C=O) groups is 2. The first-order valence-electron chi connectivity index (χ1n) is 7.71. The first-order chi connectivity index (χ1) is 11.7. The molecule has 2 aromatic rings. The molecular formula is C22H16O2. The fraction of sp³-hybridized carbons (Fsp3) is 0. The maximum atomic E-state index is 12.2. The number of hydrogen-bond acceptors (Lipinski definition) is 2. The average molecular weight is 312 g/mol. The van der Waals surface area contributed by atoms with Crippen LogP contribution in [0.4, 0.5) is 0 Å². The van der Waals surface area contributed by atoms with Gasteiger partial charge in [0.1, 0.15) is 0 Å². The van der Waals surface area contributed by atoms with Crippen molar-refractivity contribution in [3.63, 3.8) is 0 Å². The molecule has 0 fully saturated rings. The summed E-state index contributed by atoms with van der Waals surface area (Å²) >= 11 is 0. The lowest BCUT2D eigenvalue weighted by Crippen LogP contribution is -2.10. The monoisotopic (exact) mass is 312 g/mol. The van der Waals surface area contributed by atoms with E-state index in [0.29, 0.717) is 11.1 Å². The van der Waals surface area contributed by atoms with E-state index in [1.807, 2.05) is 72.8 Å². The van der Waals surface area contributed by atoms with Crippen molar-refractivity contribution in [2.45, 2.75) is 0 Å². The molecule has 0 aliphatic heterocycles. The largest absolute Gasteiger partial charge is 0.289 e. The van der Waals surface area contributed by atoms with Gasteiger partial charge < -0.3 is 0 Å². The molecule has 0 bridgehead atoms. The summed E-state index contributed by atoms with van der Waals surface area (Å²) in [6, 6.07) is 19.3. The molecule has 1 aliphatic rings. The van der Waals surface area contributed by atoms with Gasteiger partial charge in [0, 0.05) is 11.1 Å². The molecule has 116 valence electrons. The number of ketones is 2. The Morgan fingerprint density at radius 2 is 0.875 bits per heavy atom. The molecule has 0 amide bonds. The highest BCUT2D eigenvalue weighted by molar-refractivity contribution is 6.22. The van der Waals surface area contributed by atoms with Gasteiger partial charge in [0.15, 0.2) is 11.6 Å². The molecule has 2 aromatic carbocycles. The first-order valence-corrected chi connectivity index (χ1v) is 7.71. The van der Waals surface area contributed by atoms with Crippen molar-refractivity contribution in [2.75, 3.05) is 0 Å². The predicted molar refractivity (Wildman–Crippen MR) is 97.1 cm³/mol. The molecule has 24 heavy (non-hydrogen) atoms. The standard InChI is InChI=1S/C22H16O2/c23-21-16-20(14-12-18-9-5-2-6-10-18)22(24)15-19(21)13-11-17-7-3-1-4-8-17/h1-16H. The molecule has 0 aromatic heterocycles. The smallest absolute Gasteiger partial charge is 0.186 e. The molecular weight excluding hydrogens is 296 g/mol. The van der Waals surface area contributed by atoms with E-state index in [1.54, 1.807) is 12.2 Å². The molecule has 3 rings (SSSR count). The summed E-state index contributed by atoms with van der Waals surface area (Å²) in [5, 5.41) is 0. The third kappa shape index (κ3) is 3.93. The van der Waals surface area contributed by atoms with Gasteiger partial charge in [-0.3, -0.25) is 9.59 Å². The summed E-state index contributed by atoms with van der Waals surface area (Å²) in [6.45, 7) is 0. The van der Waals surface area contributed by atoms with E-state index >= 15 is 0 Å². The topological polar surface area (TPSA) is 34.1 Å². The zero-order valence-corrected chi connectivity index (χ0v) is 13.1. The maximum Gasteiger partial charge on any atom is 0.186 e. The summed E-state index contributed by atoms with van der Waals surface area (Å²) in [5.74, 6) is -0.316. The Morgan fingerprint density at radius 3 is 1.25 bits per heavy atom. The highest BCUT2D eigenvalue weighted by Gasteiger charge is 2.16. The Bertz CT molecular complexity index is 791. The molecule has 1 aliphatic carbocycles. The van der Waals surface area contributed by atoms with Crippen LogP contribution in [-0.4, -0.2) is 11.6 Å². The molecule has 0 unspecified atom stereocenters. The Balaban J connectivity index is 1.75. The highest BCUT2D eigenvalue weighted by Crippen LogP contribution is 2.16. The van der Waals surface area contributed by atoms with E-state index in [1.165, 1.54) is 12.2 Å². The van der Waals surface area contributed by atoms with Crippen LogP contribution in [-0.2, 0) is 9.59 Å². The van der Waals surface area contributed by atoms with Crippen molar-refractivity contribution < 1.29 is 9.59 Å². The average Bonchev–Trinajstić information content (AvgIpc) is 2.62. The zero-order valence-electron chi connectivity index (χ0n) is 13.1. The second kappa shape index (κ2) is 7.34. The molecule has 0 radical (unpaired) electrons. The molecule has 0 saturated carbocycles. The number of rotatable bonds is 4.